The summed E-state index contributed by atoms with van der Waals surface area (Å²) in [6.45, 7) is 11.0. The van der Waals surface area contributed by atoms with Crippen LogP contribution in [0, 0.1) is 5.41 Å². The van der Waals surface area contributed by atoms with Crippen molar-refractivity contribution in [3.8, 4) is 0 Å². The van der Waals surface area contributed by atoms with E-state index in [1.54, 1.807) is 0 Å². The molecule has 0 bridgehead atoms. The van der Waals surface area contributed by atoms with Crippen LogP contribution in [-0.2, 0) is 6.54 Å². The summed E-state index contributed by atoms with van der Waals surface area (Å²) < 4.78 is 4.05. The zero-order valence-electron chi connectivity index (χ0n) is 11.0. The van der Waals surface area contributed by atoms with Gasteiger partial charge in [0.25, 0.3) is 0 Å². The Labute approximate surface area is 108 Å². The molecular formula is C12H22N4S. The molecule has 17 heavy (non-hydrogen) atoms. The number of piperidine rings is 1. The van der Waals surface area contributed by atoms with Crippen molar-refractivity contribution in [3.05, 3.63) is 5.69 Å². The molecule has 96 valence electrons. The summed E-state index contributed by atoms with van der Waals surface area (Å²) in [6, 6.07) is 0. The first-order chi connectivity index (χ1) is 8.11. The van der Waals surface area contributed by atoms with Gasteiger partial charge in [0.1, 0.15) is 10.7 Å². The monoisotopic (exact) mass is 254 g/mol. The number of nitrogens with one attached hydrogen (secondary N) is 1. The van der Waals surface area contributed by atoms with Gasteiger partial charge in [0, 0.05) is 31.2 Å². The summed E-state index contributed by atoms with van der Waals surface area (Å²) in [6.07, 6.45) is 2.62. The van der Waals surface area contributed by atoms with Crippen molar-refractivity contribution < 1.29 is 0 Å². The van der Waals surface area contributed by atoms with Crippen molar-refractivity contribution in [1.82, 2.24) is 14.5 Å². The molecule has 1 N–H and O–H groups in total. The van der Waals surface area contributed by atoms with Gasteiger partial charge in [-0.05, 0) is 31.7 Å². The maximum atomic E-state index is 4.24. The van der Waals surface area contributed by atoms with E-state index in [1.807, 2.05) is 0 Å². The third-order valence-electron chi connectivity index (χ3n) is 3.25. The Kier molecular flexibility index (Phi) is 3.99. The predicted octanol–water partition coefficient (Wildman–Crippen LogP) is 2.59. The fourth-order valence-corrected chi connectivity index (χ4v) is 3.14. The van der Waals surface area contributed by atoms with E-state index < -0.39 is 0 Å². The molecule has 0 atom stereocenters. The average Bonchev–Trinajstić information content (AvgIpc) is 2.65. The molecule has 0 spiro atoms. The lowest BCUT2D eigenvalue weighted by Gasteiger charge is -2.37. The Hall–Kier alpha value is -0.680. The summed E-state index contributed by atoms with van der Waals surface area (Å²) in [4.78, 5) is 2.50. The van der Waals surface area contributed by atoms with Crippen LogP contribution in [0.1, 0.15) is 39.3 Å². The van der Waals surface area contributed by atoms with Crippen molar-refractivity contribution in [2.45, 2.75) is 40.2 Å². The molecule has 4 nitrogen and oxygen atoms in total. The first-order valence-corrected chi connectivity index (χ1v) is 7.15. The van der Waals surface area contributed by atoms with Gasteiger partial charge in [-0.25, -0.2) is 0 Å². The summed E-state index contributed by atoms with van der Waals surface area (Å²) in [7, 11) is 0. The van der Waals surface area contributed by atoms with E-state index in [9.17, 15) is 0 Å². The maximum Gasteiger partial charge on any atom is 0.134 e. The maximum absolute atomic E-state index is 4.24. The number of aromatic nitrogens is 2. The average molecular weight is 254 g/mol. The smallest absolute Gasteiger partial charge is 0.134 e. The number of rotatable bonds is 4. The quantitative estimate of drug-likeness (QED) is 0.896. The minimum absolute atomic E-state index is 0.444. The molecule has 0 unspecified atom stereocenters. The van der Waals surface area contributed by atoms with Crippen molar-refractivity contribution in [2.75, 3.05) is 25.0 Å². The Balaban J connectivity index is 1.98. The van der Waals surface area contributed by atoms with Crippen LogP contribution < -0.4 is 5.32 Å². The molecule has 0 radical (unpaired) electrons. The van der Waals surface area contributed by atoms with E-state index in [4.69, 9.17) is 0 Å². The Bertz CT molecular complexity index is 361. The number of nitrogens with zero attached hydrogens (tertiary/aromatic N) is 3. The molecule has 1 aliphatic rings. The highest BCUT2D eigenvalue weighted by molar-refractivity contribution is 7.10. The highest BCUT2D eigenvalue weighted by Gasteiger charge is 2.27. The number of likely N-dealkylation sites (tertiary alicyclic amines) is 1. The van der Waals surface area contributed by atoms with Gasteiger partial charge in [0.2, 0.25) is 0 Å². The lowest BCUT2D eigenvalue weighted by molar-refractivity contribution is 0.110. The van der Waals surface area contributed by atoms with Crippen LogP contribution in [0.15, 0.2) is 0 Å². The van der Waals surface area contributed by atoms with Crippen LogP contribution in [0.5, 0.6) is 0 Å². The SMILES string of the molecule is CCNc1snnc1CN1CCCC(C)(C)C1. The van der Waals surface area contributed by atoms with E-state index in [1.165, 1.54) is 30.9 Å². The number of anilines is 1. The van der Waals surface area contributed by atoms with Crippen molar-refractivity contribution >= 4 is 16.5 Å². The van der Waals surface area contributed by atoms with Crippen LogP contribution in [0.3, 0.4) is 0 Å². The van der Waals surface area contributed by atoms with Gasteiger partial charge in [-0.15, -0.1) is 5.10 Å². The van der Waals surface area contributed by atoms with Gasteiger partial charge in [-0.3, -0.25) is 4.90 Å². The molecule has 2 heterocycles. The highest BCUT2D eigenvalue weighted by Crippen LogP contribution is 2.30. The lowest BCUT2D eigenvalue weighted by atomic mass is 9.84. The minimum atomic E-state index is 0.444. The Morgan fingerprint density at radius 1 is 1.47 bits per heavy atom. The first-order valence-electron chi connectivity index (χ1n) is 6.38. The van der Waals surface area contributed by atoms with Crippen molar-refractivity contribution in [2.24, 2.45) is 5.41 Å². The van der Waals surface area contributed by atoms with E-state index >= 15 is 0 Å². The van der Waals surface area contributed by atoms with Gasteiger partial charge in [0.15, 0.2) is 0 Å². The molecule has 0 aromatic carbocycles. The van der Waals surface area contributed by atoms with E-state index in [-0.39, 0.29) is 0 Å². The van der Waals surface area contributed by atoms with E-state index in [0.29, 0.717) is 5.41 Å². The van der Waals surface area contributed by atoms with Gasteiger partial charge in [-0.1, -0.05) is 18.3 Å². The van der Waals surface area contributed by atoms with Crippen LogP contribution in [0.25, 0.3) is 0 Å². The van der Waals surface area contributed by atoms with Gasteiger partial charge >= 0.3 is 0 Å². The Morgan fingerprint density at radius 3 is 3.00 bits per heavy atom. The van der Waals surface area contributed by atoms with Crippen LogP contribution in [0.2, 0.25) is 0 Å². The fraction of sp³-hybridized carbons (Fsp3) is 0.833. The number of hydrogen-bond donors (Lipinski definition) is 1. The number of hydrogen-bond acceptors (Lipinski definition) is 5. The standard InChI is InChI=1S/C12H22N4S/c1-4-13-11-10(14-15-17-11)8-16-7-5-6-12(2,3)9-16/h13H,4-9H2,1-3H3. The summed E-state index contributed by atoms with van der Waals surface area (Å²) >= 11 is 1.46. The molecule has 1 aromatic heterocycles. The summed E-state index contributed by atoms with van der Waals surface area (Å²) in [5.41, 5.74) is 1.55. The van der Waals surface area contributed by atoms with Crippen molar-refractivity contribution in [3.63, 3.8) is 0 Å². The molecule has 0 amide bonds. The van der Waals surface area contributed by atoms with Crippen LogP contribution in [0.4, 0.5) is 5.00 Å². The van der Waals surface area contributed by atoms with Crippen LogP contribution >= 0.6 is 11.5 Å². The topological polar surface area (TPSA) is 41.1 Å². The second-order valence-electron chi connectivity index (χ2n) is 5.56. The molecule has 1 fully saturated rings. The normalized spacial score (nSPS) is 20.4. The minimum Gasteiger partial charge on any atom is -0.374 e. The third kappa shape index (κ3) is 3.39. The van der Waals surface area contributed by atoms with Gasteiger partial charge < -0.3 is 5.32 Å². The molecule has 0 saturated carbocycles. The summed E-state index contributed by atoms with van der Waals surface area (Å²) in [5, 5.41) is 8.71. The zero-order chi connectivity index (χ0) is 12.3. The molecule has 5 heteroatoms. The largest absolute Gasteiger partial charge is 0.374 e. The van der Waals surface area contributed by atoms with E-state index in [0.717, 1.165) is 30.3 Å². The summed E-state index contributed by atoms with van der Waals surface area (Å²) in [5.74, 6) is 0. The lowest BCUT2D eigenvalue weighted by Crippen LogP contribution is -2.39. The zero-order valence-corrected chi connectivity index (χ0v) is 11.8. The van der Waals surface area contributed by atoms with E-state index in [2.05, 4.69) is 40.6 Å². The molecule has 1 aromatic rings. The first kappa shape index (κ1) is 12.8. The van der Waals surface area contributed by atoms with Crippen LogP contribution in [-0.4, -0.2) is 34.1 Å². The van der Waals surface area contributed by atoms with Crippen molar-refractivity contribution in [1.29, 1.82) is 0 Å². The Morgan fingerprint density at radius 2 is 2.29 bits per heavy atom. The molecule has 1 saturated heterocycles. The highest BCUT2D eigenvalue weighted by atomic mass is 32.1. The molecule has 2 rings (SSSR count). The second-order valence-corrected chi connectivity index (χ2v) is 6.31. The van der Waals surface area contributed by atoms with Gasteiger partial charge in [-0.2, -0.15) is 0 Å². The molecular weight excluding hydrogens is 232 g/mol. The molecule has 0 aliphatic carbocycles. The third-order valence-corrected chi connectivity index (χ3v) is 3.97. The fourth-order valence-electron chi connectivity index (χ4n) is 2.50. The van der Waals surface area contributed by atoms with Gasteiger partial charge in [0.05, 0.1) is 0 Å². The predicted molar refractivity (Wildman–Crippen MR) is 72.4 cm³/mol. The second kappa shape index (κ2) is 5.31. The molecule has 1 aliphatic heterocycles.